The minimum absolute atomic E-state index is 0.0722. The summed E-state index contributed by atoms with van der Waals surface area (Å²) in [7, 11) is 0. The first-order chi connectivity index (χ1) is 16.0. The van der Waals surface area contributed by atoms with E-state index in [0.29, 0.717) is 36.2 Å². The molecule has 3 aromatic heterocycles. The van der Waals surface area contributed by atoms with Gasteiger partial charge in [0, 0.05) is 60.8 Å². The number of hydrogen-bond donors (Lipinski definition) is 1. The number of nitrogens with zero attached hydrogens (tertiary/aromatic N) is 4. The van der Waals surface area contributed by atoms with Crippen LogP contribution < -0.4 is 0 Å². The molecule has 9 heteroatoms. The van der Waals surface area contributed by atoms with Crippen molar-refractivity contribution in [3.8, 4) is 10.6 Å². The lowest BCUT2D eigenvalue weighted by molar-refractivity contribution is -0.128. The normalized spacial score (nSPS) is 16.2. The van der Waals surface area contributed by atoms with E-state index < -0.39 is 11.7 Å². The van der Waals surface area contributed by atoms with E-state index in [4.69, 9.17) is 0 Å². The molecule has 4 aromatic rings. The summed E-state index contributed by atoms with van der Waals surface area (Å²) in [6.07, 6.45) is 4.87. The van der Waals surface area contributed by atoms with Crippen molar-refractivity contribution < 1.29 is 14.4 Å². The number of nitrogens with one attached hydrogen (secondary N) is 1. The minimum Gasteiger partial charge on any atom is -0.359 e. The highest BCUT2D eigenvalue weighted by atomic mass is 32.1. The van der Waals surface area contributed by atoms with Crippen LogP contribution in [0.4, 0.5) is 0 Å². The van der Waals surface area contributed by atoms with Crippen molar-refractivity contribution in [3.05, 3.63) is 71.5 Å². The van der Waals surface area contributed by atoms with Gasteiger partial charge in [-0.1, -0.05) is 18.2 Å². The molecule has 1 aliphatic rings. The van der Waals surface area contributed by atoms with Crippen LogP contribution in [0.15, 0.2) is 60.4 Å². The van der Waals surface area contributed by atoms with Gasteiger partial charge in [0.15, 0.2) is 0 Å². The Morgan fingerprint density at radius 1 is 1.06 bits per heavy atom. The fourth-order valence-electron chi connectivity index (χ4n) is 4.18. The Hall–Kier alpha value is -3.85. The number of aromatic nitrogens is 3. The molecule has 1 N–H and O–H groups in total. The molecule has 1 aromatic carbocycles. The Kier molecular flexibility index (Phi) is 5.47. The molecule has 0 radical (unpaired) electrons. The molecule has 1 saturated heterocycles. The van der Waals surface area contributed by atoms with E-state index in [0.717, 1.165) is 10.6 Å². The number of piperazine rings is 1. The smallest absolute Gasteiger partial charge is 0.295 e. The zero-order valence-corrected chi connectivity index (χ0v) is 18.7. The number of fused-ring (bicyclic) bond motifs is 1. The van der Waals surface area contributed by atoms with Crippen LogP contribution in [0.5, 0.6) is 0 Å². The Bertz CT molecular complexity index is 1330. The predicted octanol–water partition coefficient (Wildman–Crippen LogP) is 3.24. The summed E-state index contributed by atoms with van der Waals surface area (Å²) < 4.78 is 0. The number of rotatable bonds is 4. The number of amides is 2. The van der Waals surface area contributed by atoms with Crippen molar-refractivity contribution >= 4 is 40.0 Å². The maximum Gasteiger partial charge on any atom is 0.295 e. The van der Waals surface area contributed by atoms with Gasteiger partial charge in [-0.15, -0.1) is 11.3 Å². The van der Waals surface area contributed by atoms with Gasteiger partial charge in [-0.25, -0.2) is 4.98 Å². The lowest BCUT2D eigenvalue weighted by atomic mass is 10.1. The van der Waals surface area contributed by atoms with Crippen molar-refractivity contribution in [2.24, 2.45) is 0 Å². The van der Waals surface area contributed by atoms with Gasteiger partial charge in [-0.2, -0.15) is 0 Å². The maximum atomic E-state index is 13.1. The molecule has 166 valence electrons. The van der Waals surface area contributed by atoms with Gasteiger partial charge in [0.05, 0.1) is 16.6 Å². The Morgan fingerprint density at radius 2 is 1.88 bits per heavy atom. The molecular weight excluding hydrogens is 438 g/mol. The Labute approximate surface area is 193 Å². The first-order valence-electron chi connectivity index (χ1n) is 10.6. The number of Topliss-reactive ketones (excluding diaryl/α,β-unsaturated/α-hetero) is 1. The largest absolute Gasteiger partial charge is 0.359 e. The van der Waals surface area contributed by atoms with Crippen LogP contribution in [0.3, 0.4) is 0 Å². The highest BCUT2D eigenvalue weighted by Gasteiger charge is 2.34. The number of pyridine rings is 1. The summed E-state index contributed by atoms with van der Waals surface area (Å²) in [6.45, 7) is 2.85. The van der Waals surface area contributed by atoms with E-state index in [1.54, 1.807) is 29.4 Å². The summed E-state index contributed by atoms with van der Waals surface area (Å²) in [5.41, 5.74) is 2.82. The van der Waals surface area contributed by atoms with Crippen molar-refractivity contribution in [1.82, 2.24) is 24.8 Å². The average Bonchev–Trinajstić information content (AvgIpc) is 3.53. The number of hydrogen-bond acceptors (Lipinski definition) is 6. The maximum absolute atomic E-state index is 13.1. The molecule has 1 aliphatic heterocycles. The molecule has 33 heavy (non-hydrogen) atoms. The second-order valence-corrected chi connectivity index (χ2v) is 8.81. The number of H-pyrrole nitrogens is 1. The van der Waals surface area contributed by atoms with Gasteiger partial charge >= 0.3 is 0 Å². The third-order valence-corrected chi connectivity index (χ3v) is 6.67. The number of benzene rings is 1. The second kappa shape index (κ2) is 8.59. The van der Waals surface area contributed by atoms with Crippen LogP contribution in [-0.2, 0) is 4.79 Å². The van der Waals surface area contributed by atoms with Crippen molar-refractivity contribution in [3.63, 3.8) is 0 Å². The van der Waals surface area contributed by atoms with E-state index in [2.05, 4.69) is 15.0 Å². The van der Waals surface area contributed by atoms with Gasteiger partial charge < -0.3 is 14.8 Å². The molecule has 2 amide bonds. The van der Waals surface area contributed by atoms with Crippen molar-refractivity contribution in [1.29, 1.82) is 0 Å². The summed E-state index contributed by atoms with van der Waals surface area (Å²) in [5, 5.41) is 2.69. The summed E-state index contributed by atoms with van der Waals surface area (Å²) in [5.74, 6) is -1.27. The Morgan fingerprint density at radius 3 is 2.61 bits per heavy atom. The molecule has 0 aliphatic carbocycles. The van der Waals surface area contributed by atoms with Gasteiger partial charge in [-0.05, 0) is 25.1 Å². The van der Waals surface area contributed by atoms with Gasteiger partial charge in [0.25, 0.3) is 17.6 Å². The van der Waals surface area contributed by atoms with Crippen molar-refractivity contribution in [2.45, 2.75) is 13.0 Å². The zero-order chi connectivity index (χ0) is 22.9. The third kappa shape index (κ3) is 3.80. The topological polar surface area (TPSA) is 99.3 Å². The van der Waals surface area contributed by atoms with E-state index in [1.165, 1.54) is 22.4 Å². The molecule has 0 bridgehead atoms. The standard InChI is InChI=1S/C24H21N5O3S/c1-15-14-28(10-11-29(15)23(31)16-5-3-2-4-6-16)24(32)21(30)18-13-27-19-17(7-8-25-20(18)19)22-26-9-12-33-22/h2-9,12-13,15,27H,10-11,14H2,1H3/t15-/m1/s1. The fourth-order valence-corrected chi connectivity index (χ4v) is 4.85. The first-order valence-corrected chi connectivity index (χ1v) is 11.5. The lowest BCUT2D eigenvalue weighted by Crippen LogP contribution is -2.56. The lowest BCUT2D eigenvalue weighted by Gasteiger charge is -2.39. The molecule has 0 unspecified atom stereocenters. The molecule has 4 heterocycles. The van der Waals surface area contributed by atoms with Crippen LogP contribution in [0, 0.1) is 0 Å². The van der Waals surface area contributed by atoms with E-state index in [9.17, 15) is 14.4 Å². The van der Waals surface area contributed by atoms with Crippen LogP contribution >= 0.6 is 11.3 Å². The molecule has 0 spiro atoms. The quantitative estimate of drug-likeness (QED) is 0.373. The number of aromatic amines is 1. The SMILES string of the molecule is C[C@@H]1CN(C(=O)C(=O)c2c[nH]c3c(-c4nccs4)ccnc23)CCN1C(=O)c1ccccc1. The summed E-state index contributed by atoms with van der Waals surface area (Å²) >= 11 is 1.49. The molecule has 8 nitrogen and oxygen atoms in total. The van der Waals surface area contributed by atoms with Crippen LogP contribution in [0.1, 0.15) is 27.6 Å². The first kappa shape index (κ1) is 21.0. The van der Waals surface area contributed by atoms with Gasteiger partial charge in [-0.3, -0.25) is 19.4 Å². The third-order valence-electron chi connectivity index (χ3n) is 5.86. The molecule has 5 rings (SSSR count). The van der Waals surface area contributed by atoms with Crippen molar-refractivity contribution in [2.75, 3.05) is 19.6 Å². The van der Waals surface area contributed by atoms with Crippen LogP contribution in [0.25, 0.3) is 21.6 Å². The van der Waals surface area contributed by atoms with Gasteiger partial charge in [0.1, 0.15) is 5.01 Å². The minimum atomic E-state index is -0.611. The summed E-state index contributed by atoms with van der Waals surface area (Å²) in [4.78, 5) is 54.0. The number of carbonyl (C=O) groups is 3. The number of carbonyl (C=O) groups excluding carboxylic acids is 3. The second-order valence-electron chi connectivity index (χ2n) is 7.92. The highest BCUT2D eigenvalue weighted by Crippen LogP contribution is 2.30. The average molecular weight is 460 g/mol. The highest BCUT2D eigenvalue weighted by molar-refractivity contribution is 7.13. The van der Waals surface area contributed by atoms with E-state index >= 15 is 0 Å². The Balaban J connectivity index is 1.34. The van der Waals surface area contributed by atoms with Gasteiger partial charge in [0.2, 0.25) is 0 Å². The molecular formula is C24H21N5O3S. The zero-order valence-electron chi connectivity index (χ0n) is 17.9. The van der Waals surface area contributed by atoms with Crippen LogP contribution in [0.2, 0.25) is 0 Å². The predicted molar refractivity (Wildman–Crippen MR) is 125 cm³/mol. The van der Waals surface area contributed by atoms with E-state index in [1.807, 2.05) is 36.6 Å². The molecule has 1 atom stereocenters. The monoisotopic (exact) mass is 459 g/mol. The number of ketones is 1. The van der Waals surface area contributed by atoms with Crippen LogP contribution in [-0.4, -0.2) is 68.0 Å². The fraction of sp³-hybridized carbons (Fsp3) is 0.208. The number of thiazole rings is 1. The molecule has 1 fully saturated rings. The summed E-state index contributed by atoms with van der Waals surface area (Å²) in [6, 6.07) is 10.7. The van der Waals surface area contributed by atoms with E-state index in [-0.39, 0.29) is 17.5 Å². The molecule has 0 saturated carbocycles.